The largest absolute Gasteiger partial charge is 0.395 e. The summed E-state index contributed by atoms with van der Waals surface area (Å²) in [6.45, 7) is 0.710. The smallest absolute Gasteiger partial charge is 0.194 e. The number of ketones is 2. The van der Waals surface area contributed by atoms with Crippen LogP contribution in [0.4, 0.5) is 11.4 Å². The minimum absolute atomic E-state index is 0.0174. The van der Waals surface area contributed by atoms with Gasteiger partial charge in [-0.3, -0.25) is 9.59 Å². The second kappa shape index (κ2) is 6.82. The minimum atomic E-state index is -0.194. The van der Waals surface area contributed by atoms with Crippen LogP contribution in [0.25, 0.3) is 0 Å². The van der Waals surface area contributed by atoms with Crippen molar-refractivity contribution in [2.45, 2.75) is 0 Å². The molecule has 24 heavy (non-hydrogen) atoms. The SMILES string of the molecule is O=C1c2ccc(NCCO)cc2C(=O)c2ccc(NCCO)cc21. The highest BCUT2D eigenvalue weighted by atomic mass is 16.3. The second-order valence-corrected chi connectivity index (χ2v) is 5.48. The highest BCUT2D eigenvalue weighted by molar-refractivity contribution is 6.28. The number of fused-ring (bicyclic) bond motifs is 2. The molecular weight excluding hydrogens is 308 g/mol. The average molecular weight is 326 g/mol. The van der Waals surface area contributed by atoms with Crippen LogP contribution in [0.1, 0.15) is 31.8 Å². The van der Waals surface area contributed by atoms with Crippen LogP contribution in [0, 0.1) is 0 Å². The van der Waals surface area contributed by atoms with Gasteiger partial charge in [0.1, 0.15) is 0 Å². The Balaban J connectivity index is 1.98. The van der Waals surface area contributed by atoms with Gasteiger partial charge in [-0.15, -0.1) is 0 Å². The van der Waals surface area contributed by atoms with Gasteiger partial charge in [0.05, 0.1) is 13.2 Å². The molecule has 0 bridgehead atoms. The van der Waals surface area contributed by atoms with E-state index in [1.807, 2.05) is 0 Å². The highest BCUT2D eigenvalue weighted by Crippen LogP contribution is 2.30. The van der Waals surface area contributed by atoms with Crippen LogP contribution >= 0.6 is 0 Å². The van der Waals surface area contributed by atoms with Crippen LogP contribution in [-0.4, -0.2) is 48.1 Å². The standard InChI is InChI=1S/C18H18N2O4/c21-7-5-19-11-1-3-13-15(9-11)18(24)14-4-2-12(20-6-8-22)10-16(14)17(13)23/h1-4,9-10,19-22H,5-8H2. The first-order chi connectivity index (χ1) is 11.7. The fourth-order valence-electron chi connectivity index (χ4n) is 2.77. The fraction of sp³-hybridized carbons (Fsp3) is 0.222. The third kappa shape index (κ3) is 2.89. The maximum Gasteiger partial charge on any atom is 0.194 e. The number of aliphatic hydroxyl groups excluding tert-OH is 2. The second-order valence-electron chi connectivity index (χ2n) is 5.48. The summed E-state index contributed by atoms with van der Waals surface area (Å²) in [5, 5.41) is 23.7. The van der Waals surface area contributed by atoms with Crippen molar-refractivity contribution < 1.29 is 19.8 Å². The monoisotopic (exact) mass is 326 g/mol. The van der Waals surface area contributed by atoms with E-state index in [1.165, 1.54) is 0 Å². The van der Waals surface area contributed by atoms with Gasteiger partial charge in [0.25, 0.3) is 0 Å². The molecule has 2 aromatic rings. The number of hydrogen-bond donors (Lipinski definition) is 4. The molecule has 4 N–H and O–H groups in total. The van der Waals surface area contributed by atoms with E-state index < -0.39 is 0 Å². The molecule has 6 nitrogen and oxygen atoms in total. The highest BCUT2D eigenvalue weighted by Gasteiger charge is 2.29. The van der Waals surface area contributed by atoms with E-state index in [2.05, 4.69) is 10.6 Å². The molecule has 0 spiro atoms. The van der Waals surface area contributed by atoms with Crippen LogP contribution in [0.5, 0.6) is 0 Å². The Morgan fingerprint density at radius 3 is 1.46 bits per heavy atom. The summed E-state index contributed by atoms with van der Waals surface area (Å²) in [5.74, 6) is -0.387. The summed E-state index contributed by atoms with van der Waals surface area (Å²) in [7, 11) is 0. The van der Waals surface area contributed by atoms with Gasteiger partial charge in [-0.1, -0.05) is 0 Å². The van der Waals surface area contributed by atoms with Crippen molar-refractivity contribution >= 4 is 22.9 Å². The minimum Gasteiger partial charge on any atom is -0.395 e. The molecule has 0 fully saturated rings. The maximum atomic E-state index is 12.7. The Hall–Kier alpha value is -2.70. The van der Waals surface area contributed by atoms with Crippen molar-refractivity contribution in [1.82, 2.24) is 0 Å². The van der Waals surface area contributed by atoms with Gasteiger partial charge in [0.2, 0.25) is 0 Å². The molecule has 0 radical (unpaired) electrons. The van der Waals surface area contributed by atoms with E-state index in [1.54, 1.807) is 36.4 Å². The van der Waals surface area contributed by atoms with Gasteiger partial charge in [-0.25, -0.2) is 0 Å². The van der Waals surface area contributed by atoms with E-state index in [4.69, 9.17) is 10.2 Å². The summed E-state index contributed by atoms with van der Waals surface area (Å²) in [6.07, 6.45) is 0. The Bertz CT molecular complexity index is 734. The van der Waals surface area contributed by atoms with Crippen molar-refractivity contribution in [1.29, 1.82) is 0 Å². The predicted octanol–water partition coefficient (Wildman–Crippen LogP) is 1.27. The molecule has 0 aromatic heterocycles. The molecular formula is C18H18N2O4. The molecule has 6 heteroatoms. The number of rotatable bonds is 6. The first-order valence-electron chi connectivity index (χ1n) is 7.72. The molecule has 0 amide bonds. The summed E-state index contributed by atoms with van der Waals surface area (Å²) in [5.41, 5.74) is 2.86. The zero-order valence-electron chi connectivity index (χ0n) is 13.0. The van der Waals surface area contributed by atoms with Crippen LogP contribution in [0.3, 0.4) is 0 Å². The molecule has 1 aliphatic carbocycles. The third-order valence-electron chi connectivity index (χ3n) is 3.90. The zero-order valence-corrected chi connectivity index (χ0v) is 13.0. The maximum absolute atomic E-state index is 12.7. The molecule has 2 aromatic carbocycles. The van der Waals surface area contributed by atoms with Crippen molar-refractivity contribution in [3.8, 4) is 0 Å². The van der Waals surface area contributed by atoms with Crippen LogP contribution in [0.2, 0.25) is 0 Å². The normalized spacial score (nSPS) is 12.6. The fourth-order valence-corrected chi connectivity index (χ4v) is 2.77. The van der Waals surface area contributed by atoms with Gasteiger partial charge < -0.3 is 20.8 Å². The Morgan fingerprint density at radius 2 is 1.08 bits per heavy atom. The van der Waals surface area contributed by atoms with Gasteiger partial charge in [0.15, 0.2) is 11.6 Å². The Morgan fingerprint density at radius 1 is 0.667 bits per heavy atom. The third-order valence-corrected chi connectivity index (χ3v) is 3.90. The Labute approximate surface area is 139 Å². The number of carbonyl (C=O) groups excluding carboxylic acids is 2. The van der Waals surface area contributed by atoms with Crippen molar-refractivity contribution in [3.05, 3.63) is 58.7 Å². The van der Waals surface area contributed by atoms with Crippen LogP contribution in [-0.2, 0) is 0 Å². The van der Waals surface area contributed by atoms with Crippen molar-refractivity contribution in [2.24, 2.45) is 0 Å². The van der Waals surface area contributed by atoms with Gasteiger partial charge in [0, 0.05) is 46.7 Å². The number of benzene rings is 2. The summed E-state index contributed by atoms with van der Waals surface area (Å²) in [4.78, 5) is 25.4. The molecule has 0 unspecified atom stereocenters. The van der Waals surface area contributed by atoms with Crippen molar-refractivity contribution in [2.75, 3.05) is 36.9 Å². The zero-order chi connectivity index (χ0) is 17.1. The molecule has 0 heterocycles. The van der Waals surface area contributed by atoms with Gasteiger partial charge in [-0.2, -0.15) is 0 Å². The van der Waals surface area contributed by atoms with Gasteiger partial charge in [-0.05, 0) is 36.4 Å². The average Bonchev–Trinajstić information content (AvgIpc) is 2.62. The lowest BCUT2D eigenvalue weighted by atomic mass is 9.83. The first kappa shape index (κ1) is 16.2. The number of carbonyl (C=O) groups is 2. The molecule has 3 rings (SSSR count). The lowest BCUT2D eigenvalue weighted by Gasteiger charge is -2.19. The molecule has 0 saturated carbocycles. The van der Waals surface area contributed by atoms with E-state index >= 15 is 0 Å². The lowest BCUT2D eigenvalue weighted by Crippen LogP contribution is -2.21. The Kier molecular flexibility index (Phi) is 4.59. The number of nitrogens with one attached hydrogen (secondary N) is 2. The summed E-state index contributed by atoms with van der Waals surface area (Å²) in [6, 6.07) is 9.99. The van der Waals surface area contributed by atoms with E-state index in [-0.39, 0.29) is 24.8 Å². The van der Waals surface area contributed by atoms with E-state index in [9.17, 15) is 9.59 Å². The molecule has 124 valence electrons. The van der Waals surface area contributed by atoms with Gasteiger partial charge >= 0.3 is 0 Å². The predicted molar refractivity (Wildman–Crippen MR) is 90.9 cm³/mol. The summed E-state index contributed by atoms with van der Waals surface area (Å²) < 4.78 is 0. The lowest BCUT2D eigenvalue weighted by molar-refractivity contribution is 0.0979. The van der Waals surface area contributed by atoms with E-state index in [0.29, 0.717) is 46.7 Å². The molecule has 0 atom stereocenters. The van der Waals surface area contributed by atoms with E-state index in [0.717, 1.165) is 0 Å². The molecule has 1 aliphatic rings. The number of aliphatic hydroxyl groups is 2. The first-order valence-corrected chi connectivity index (χ1v) is 7.72. The van der Waals surface area contributed by atoms with Crippen molar-refractivity contribution in [3.63, 3.8) is 0 Å². The number of hydrogen-bond acceptors (Lipinski definition) is 6. The molecule has 0 aliphatic heterocycles. The van der Waals surface area contributed by atoms with Crippen LogP contribution in [0.15, 0.2) is 36.4 Å². The quantitative estimate of drug-likeness (QED) is 0.544. The number of anilines is 2. The molecule has 0 saturated heterocycles. The van der Waals surface area contributed by atoms with Crippen LogP contribution < -0.4 is 10.6 Å². The topological polar surface area (TPSA) is 98.7 Å². The summed E-state index contributed by atoms with van der Waals surface area (Å²) >= 11 is 0.